The van der Waals surface area contributed by atoms with Gasteiger partial charge in [-0.25, -0.2) is 0 Å². The molecule has 7 heteroatoms. The Bertz CT molecular complexity index is 885. The first-order valence-corrected chi connectivity index (χ1v) is 10.4. The predicted octanol–water partition coefficient (Wildman–Crippen LogP) is 2.45. The quantitative estimate of drug-likeness (QED) is 0.360. The van der Waals surface area contributed by atoms with E-state index in [0.717, 1.165) is 39.0 Å². The third-order valence-electron chi connectivity index (χ3n) is 4.90. The Morgan fingerprint density at radius 3 is 2.10 bits per heavy atom. The Kier molecular flexibility index (Phi) is 7.77. The number of rotatable bonds is 11. The molecule has 0 saturated carbocycles. The van der Waals surface area contributed by atoms with Crippen molar-refractivity contribution in [2.45, 2.75) is 12.8 Å². The summed E-state index contributed by atoms with van der Waals surface area (Å²) in [6.45, 7) is 5.04. The van der Waals surface area contributed by atoms with E-state index in [2.05, 4.69) is 16.0 Å². The zero-order valence-corrected chi connectivity index (χ0v) is 17.1. The van der Waals surface area contributed by atoms with E-state index in [0.29, 0.717) is 46.1 Å². The number of hydrogen-bond acceptors (Lipinski definition) is 6. The normalized spacial score (nSPS) is 12.6. The average Bonchev–Trinajstić information content (AvgIpc) is 2.73. The summed E-state index contributed by atoms with van der Waals surface area (Å²) in [5.41, 5.74) is 7.65. The number of nitrogens with one attached hydrogen (secondary N) is 3. The molecule has 0 aliphatic heterocycles. The van der Waals surface area contributed by atoms with Gasteiger partial charge in [0.25, 0.3) is 0 Å². The van der Waals surface area contributed by atoms with Crippen molar-refractivity contribution in [2.75, 3.05) is 44.6 Å². The van der Waals surface area contributed by atoms with Crippen molar-refractivity contribution in [3.05, 3.63) is 63.7 Å². The highest BCUT2D eigenvalue weighted by molar-refractivity contribution is 6.39. The number of anilines is 1. The Morgan fingerprint density at radius 1 is 0.759 bits per heavy atom. The summed E-state index contributed by atoms with van der Waals surface area (Å²) in [5, 5.41) is 10.3. The SMILES string of the molecule is NCCCNCCNCCCNc1cccc2c1C(=O)c1cccc(Cl)c1C2=O. The first-order chi connectivity index (χ1) is 14.1. The lowest BCUT2D eigenvalue weighted by Gasteiger charge is -2.21. The highest BCUT2D eigenvalue weighted by Crippen LogP contribution is 2.34. The van der Waals surface area contributed by atoms with Crippen LogP contribution in [0.25, 0.3) is 0 Å². The first kappa shape index (κ1) is 21.5. The highest BCUT2D eigenvalue weighted by Gasteiger charge is 2.32. The second kappa shape index (κ2) is 10.5. The summed E-state index contributed by atoms with van der Waals surface area (Å²) in [7, 11) is 0. The van der Waals surface area contributed by atoms with Gasteiger partial charge in [0.15, 0.2) is 11.6 Å². The van der Waals surface area contributed by atoms with Gasteiger partial charge in [0, 0.05) is 36.4 Å². The van der Waals surface area contributed by atoms with Crippen LogP contribution in [0.1, 0.15) is 44.7 Å². The molecule has 0 saturated heterocycles. The molecule has 1 aliphatic rings. The summed E-state index contributed by atoms with van der Waals surface area (Å²) >= 11 is 6.18. The summed E-state index contributed by atoms with van der Waals surface area (Å²) in [6, 6.07) is 10.3. The van der Waals surface area contributed by atoms with Gasteiger partial charge in [0.2, 0.25) is 0 Å². The molecule has 0 amide bonds. The van der Waals surface area contributed by atoms with Crippen LogP contribution in [-0.2, 0) is 0 Å². The number of nitrogens with two attached hydrogens (primary N) is 1. The van der Waals surface area contributed by atoms with Gasteiger partial charge in [-0.2, -0.15) is 0 Å². The minimum absolute atomic E-state index is 0.165. The highest BCUT2D eigenvalue weighted by atomic mass is 35.5. The Morgan fingerprint density at radius 2 is 1.38 bits per heavy atom. The van der Waals surface area contributed by atoms with Gasteiger partial charge >= 0.3 is 0 Å². The molecule has 0 bridgehead atoms. The topological polar surface area (TPSA) is 96.2 Å². The van der Waals surface area contributed by atoms with Gasteiger partial charge in [-0.3, -0.25) is 9.59 Å². The van der Waals surface area contributed by atoms with E-state index < -0.39 is 0 Å². The fourth-order valence-corrected chi connectivity index (χ4v) is 3.70. The van der Waals surface area contributed by atoms with Gasteiger partial charge in [0.05, 0.1) is 16.1 Å². The molecule has 0 spiro atoms. The summed E-state index contributed by atoms with van der Waals surface area (Å²) in [4.78, 5) is 25.9. The van der Waals surface area contributed by atoms with Crippen LogP contribution in [0.5, 0.6) is 0 Å². The van der Waals surface area contributed by atoms with Crippen molar-refractivity contribution < 1.29 is 9.59 Å². The Balaban J connectivity index is 1.55. The van der Waals surface area contributed by atoms with Gasteiger partial charge in [-0.15, -0.1) is 0 Å². The first-order valence-electron chi connectivity index (χ1n) is 10.0. The molecule has 0 aromatic heterocycles. The monoisotopic (exact) mass is 414 g/mol. The number of benzene rings is 2. The van der Waals surface area contributed by atoms with Crippen molar-refractivity contribution in [3.63, 3.8) is 0 Å². The van der Waals surface area contributed by atoms with Gasteiger partial charge in [-0.1, -0.05) is 35.9 Å². The van der Waals surface area contributed by atoms with Crippen LogP contribution in [0.3, 0.4) is 0 Å². The van der Waals surface area contributed by atoms with Gasteiger partial charge < -0.3 is 21.7 Å². The lowest BCUT2D eigenvalue weighted by Crippen LogP contribution is -2.30. The fraction of sp³-hybridized carbons (Fsp3) is 0.364. The van der Waals surface area contributed by atoms with E-state index in [1.54, 1.807) is 30.3 Å². The smallest absolute Gasteiger partial charge is 0.196 e. The van der Waals surface area contributed by atoms with Crippen molar-refractivity contribution in [1.82, 2.24) is 10.6 Å². The van der Waals surface area contributed by atoms with E-state index >= 15 is 0 Å². The molecule has 0 unspecified atom stereocenters. The third kappa shape index (κ3) is 5.03. The lowest BCUT2D eigenvalue weighted by atomic mass is 9.83. The average molecular weight is 415 g/mol. The van der Waals surface area contributed by atoms with Crippen LogP contribution < -0.4 is 21.7 Å². The van der Waals surface area contributed by atoms with Crippen molar-refractivity contribution in [1.29, 1.82) is 0 Å². The maximum absolute atomic E-state index is 13.0. The van der Waals surface area contributed by atoms with E-state index in [1.807, 2.05) is 6.07 Å². The Labute approximate surface area is 176 Å². The number of carbonyl (C=O) groups is 2. The number of halogens is 1. The van der Waals surface area contributed by atoms with Crippen molar-refractivity contribution in [2.24, 2.45) is 5.73 Å². The van der Waals surface area contributed by atoms with Gasteiger partial charge in [-0.05, 0) is 44.6 Å². The molecule has 0 fully saturated rings. The van der Waals surface area contributed by atoms with Crippen LogP contribution in [0.15, 0.2) is 36.4 Å². The third-order valence-corrected chi connectivity index (χ3v) is 5.22. The molecule has 2 aromatic carbocycles. The second-order valence-electron chi connectivity index (χ2n) is 6.97. The van der Waals surface area contributed by atoms with Crippen LogP contribution in [0.4, 0.5) is 5.69 Å². The number of carbonyl (C=O) groups excluding carboxylic acids is 2. The minimum atomic E-state index is -0.201. The van der Waals surface area contributed by atoms with Crippen LogP contribution in [0, 0.1) is 0 Å². The maximum Gasteiger partial charge on any atom is 0.196 e. The van der Waals surface area contributed by atoms with Crippen LogP contribution in [-0.4, -0.2) is 50.8 Å². The predicted molar refractivity (Wildman–Crippen MR) is 117 cm³/mol. The summed E-state index contributed by atoms with van der Waals surface area (Å²) in [5.74, 6) is -0.366. The summed E-state index contributed by atoms with van der Waals surface area (Å²) < 4.78 is 0. The molecule has 5 N–H and O–H groups in total. The van der Waals surface area contributed by atoms with E-state index in [-0.39, 0.29) is 11.6 Å². The van der Waals surface area contributed by atoms with E-state index in [4.69, 9.17) is 17.3 Å². The molecule has 0 heterocycles. The molecule has 0 atom stereocenters. The van der Waals surface area contributed by atoms with Crippen molar-refractivity contribution in [3.8, 4) is 0 Å². The zero-order valence-electron chi connectivity index (χ0n) is 16.4. The van der Waals surface area contributed by atoms with Gasteiger partial charge in [0.1, 0.15) is 0 Å². The molecule has 1 aliphatic carbocycles. The molecule has 0 radical (unpaired) electrons. The zero-order chi connectivity index (χ0) is 20.6. The molecular formula is C22H27ClN4O2. The Hall–Kier alpha value is -2.25. The van der Waals surface area contributed by atoms with E-state index in [9.17, 15) is 9.59 Å². The number of fused-ring (bicyclic) bond motifs is 2. The van der Waals surface area contributed by atoms with Crippen LogP contribution >= 0.6 is 11.6 Å². The molecule has 154 valence electrons. The largest absolute Gasteiger partial charge is 0.384 e. The number of ketones is 2. The molecule has 29 heavy (non-hydrogen) atoms. The lowest BCUT2D eigenvalue weighted by molar-refractivity contribution is 0.0979. The standard InChI is InChI=1S/C22H27ClN4O2/c23-17-7-1-5-15-19(17)21(28)16-6-2-8-18(20(16)22(15)29)27-12-4-11-26-14-13-25-10-3-9-24/h1-2,5-8,25-27H,3-4,9-14,24H2. The second-order valence-corrected chi connectivity index (χ2v) is 7.38. The maximum atomic E-state index is 13.0. The fourth-order valence-electron chi connectivity index (χ4n) is 3.44. The molecular weight excluding hydrogens is 388 g/mol. The number of hydrogen-bond donors (Lipinski definition) is 4. The molecule has 3 rings (SSSR count). The molecule has 6 nitrogen and oxygen atoms in total. The van der Waals surface area contributed by atoms with E-state index in [1.165, 1.54) is 0 Å². The molecule has 2 aromatic rings. The summed E-state index contributed by atoms with van der Waals surface area (Å²) in [6.07, 6.45) is 1.89. The minimum Gasteiger partial charge on any atom is -0.384 e. The van der Waals surface area contributed by atoms with Crippen molar-refractivity contribution >= 4 is 28.9 Å². The van der Waals surface area contributed by atoms with Crippen LogP contribution in [0.2, 0.25) is 5.02 Å².